The summed E-state index contributed by atoms with van der Waals surface area (Å²) in [6.07, 6.45) is 0.687. The Bertz CT molecular complexity index is 1660. The summed E-state index contributed by atoms with van der Waals surface area (Å²) in [5.74, 6) is -0.552. The first-order valence-corrected chi connectivity index (χ1v) is 15.8. The molecule has 230 valence electrons. The number of carbonyl (C=O) groups excluding carboxylic acids is 2. The number of ether oxygens (including phenoxy) is 1. The van der Waals surface area contributed by atoms with E-state index >= 15 is 0 Å². The van der Waals surface area contributed by atoms with Gasteiger partial charge in [0.15, 0.2) is 0 Å². The van der Waals surface area contributed by atoms with Gasteiger partial charge in [-0.15, -0.1) is 0 Å². The molecule has 1 atom stereocenters. The molecule has 0 saturated heterocycles. The Morgan fingerprint density at radius 2 is 1.48 bits per heavy atom. The third-order valence-corrected chi connectivity index (χ3v) is 8.79. The van der Waals surface area contributed by atoms with Crippen LogP contribution in [0.25, 0.3) is 0 Å². The van der Waals surface area contributed by atoms with Gasteiger partial charge in [-0.25, -0.2) is 12.8 Å². The number of hydrogen-bond donors (Lipinski definition) is 1. The lowest BCUT2D eigenvalue weighted by molar-refractivity contribution is -0.139. The van der Waals surface area contributed by atoms with Crippen LogP contribution in [0.5, 0.6) is 11.5 Å². The molecule has 1 N–H and O–H groups in total. The fourth-order valence-corrected chi connectivity index (χ4v) is 5.87. The van der Waals surface area contributed by atoms with Crippen molar-refractivity contribution in [1.29, 1.82) is 0 Å². The molecule has 44 heavy (non-hydrogen) atoms. The second-order valence-electron chi connectivity index (χ2n) is 10.3. The number of sulfonamides is 1. The van der Waals surface area contributed by atoms with Gasteiger partial charge in [-0.1, -0.05) is 61.0 Å². The van der Waals surface area contributed by atoms with E-state index < -0.39 is 40.2 Å². The van der Waals surface area contributed by atoms with E-state index in [1.807, 2.05) is 32.0 Å². The van der Waals surface area contributed by atoms with Crippen LogP contribution in [0.15, 0.2) is 108 Å². The van der Waals surface area contributed by atoms with Crippen molar-refractivity contribution in [3.8, 4) is 11.5 Å². The van der Waals surface area contributed by atoms with Gasteiger partial charge in [0.1, 0.15) is 29.9 Å². The number of carbonyl (C=O) groups is 2. The third-order valence-electron chi connectivity index (χ3n) is 7.01. The molecular formula is C34H36FN3O5S. The molecule has 4 rings (SSSR count). The number of halogens is 1. The number of nitrogens with one attached hydrogen (secondary N) is 1. The fourth-order valence-electron chi connectivity index (χ4n) is 4.46. The van der Waals surface area contributed by atoms with Crippen LogP contribution in [0.4, 0.5) is 10.1 Å². The highest BCUT2D eigenvalue weighted by molar-refractivity contribution is 7.92. The van der Waals surface area contributed by atoms with E-state index in [2.05, 4.69) is 5.32 Å². The van der Waals surface area contributed by atoms with E-state index in [9.17, 15) is 22.4 Å². The lowest BCUT2D eigenvalue weighted by Gasteiger charge is -2.32. The monoisotopic (exact) mass is 617 g/mol. The van der Waals surface area contributed by atoms with Crippen molar-refractivity contribution in [3.05, 3.63) is 120 Å². The summed E-state index contributed by atoms with van der Waals surface area (Å²) in [5, 5.41) is 2.77. The molecule has 0 fully saturated rings. The number of aryl methyl sites for hydroxylation is 1. The number of hydrogen-bond acceptors (Lipinski definition) is 5. The highest BCUT2D eigenvalue weighted by atomic mass is 32.2. The number of amides is 2. The topological polar surface area (TPSA) is 96.0 Å². The number of nitrogens with zero attached hydrogens (tertiary/aromatic N) is 2. The molecule has 0 spiro atoms. The zero-order valence-electron chi connectivity index (χ0n) is 24.9. The Morgan fingerprint density at radius 1 is 0.864 bits per heavy atom. The lowest BCUT2D eigenvalue weighted by Crippen LogP contribution is -2.51. The van der Waals surface area contributed by atoms with Crippen LogP contribution < -0.4 is 14.4 Å². The molecule has 0 saturated carbocycles. The Morgan fingerprint density at radius 3 is 2.11 bits per heavy atom. The molecule has 0 aromatic heterocycles. The van der Waals surface area contributed by atoms with Gasteiger partial charge in [0.25, 0.3) is 10.0 Å². The van der Waals surface area contributed by atoms with Gasteiger partial charge in [0, 0.05) is 18.7 Å². The predicted molar refractivity (Wildman–Crippen MR) is 168 cm³/mol. The van der Waals surface area contributed by atoms with Crippen molar-refractivity contribution in [1.82, 2.24) is 10.2 Å². The van der Waals surface area contributed by atoms with Crippen molar-refractivity contribution in [3.63, 3.8) is 0 Å². The number of anilines is 1. The molecule has 2 amide bonds. The van der Waals surface area contributed by atoms with Crippen molar-refractivity contribution >= 4 is 27.5 Å². The minimum atomic E-state index is -4.24. The zero-order chi connectivity index (χ0) is 31.7. The van der Waals surface area contributed by atoms with E-state index in [1.54, 1.807) is 54.6 Å². The van der Waals surface area contributed by atoms with Crippen LogP contribution in [0.3, 0.4) is 0 Å². The van der Waals surface area contributed by atoms with Crippen LogP contribution in [0, 0.1) is 12.7 Å². The molecule has 4 aromatic rings. The van der Waals surface area contributed by atoms with Crippen molar-refractivity contribution in [2.45, 2.75) is 44.7 Å². The van der Waals surface area contributed by atoms with Crippen LogP contribution in [-0.2, 0) is 26.2 Å². The molecule has 8 nitrogen and oxygen atoms in total. The van der Waals surface area contributed by atoms with Gasteiger partial charge in [-0.2, -0.15) is 0 Å². The van der Waals surface area contributed by atoms with E-state index in [1.165, 1.54) is 42.2 Å². The highest BCUT2D eigenvalue weighted by Crippen LogP contribution is 2.29. The predicted octanol–water partition coefficient (Wildman–Crippen LogP) is 6.07. The van der Waals surface area contributed by atoms with E-state index in [-0.39, 0.29) is 22.7 Å². The average Bonchev–Trinajstić information content (AvgIpc) is 3.02. The summed E-state index contributed by atoms with van der Waals surface area (Å²) in [6.45, 7) is 4.82. The van der Waals surface area contributed by atoms with Gasteiger partial charge < -0.3 is 15.0 Å². The first kappa shape index (κ1) is 32.2. The number of para-hydroxylation sites is 1. The van der Waals surface area contributed by atoms with E-state index in [0.29, 0.717) is 24.5 Å². The van der Waals surface area contributed by atoms with E-state index in [0.717, 1.165) is 9.87 Å². The van der Waals surface area contributed by atoms with Crippen LogP contribution in [0.1, 0.15) is 31.4 Å². The summed E-state index contributed by atoms with van der Waals surface area (Å²) in [4.78, 5) is 28.2. The molecule has 0 aliphatic rings. The van der Waals surface area contributed by atoms with Gasteiger partial charge in [-0.05, 0) is 74.9 Å². The molecule has 0 aliphatic carbocycles. The minimum Gasteiger partial charge on any atom is -0.457 e. The number of benzene rings is 4. The molecular weight excluding hydrogens is 581 g/mol. The summed E-state index contributed by atoms with van der Waals surface area (Å²) >= 11 is 0. The molecule has 10 heteroatoms. The maximum atomic E-state index is 14.7. The smallest absolute Gasteiger partial charge is 0.264 e. The summed E-state index contributed by atoms with van der Waals surface area (Å²) in [7, 11) is -4.24. The van der Waals surface area contributed by atoms with Gasteiger partial charge >= 0.3 is 0 Å². The molecule has 0 heterocycles. The van der Waals surface area contributed by atoms with Crippen molar-refractivity contribution in [2.75, 3.05) is 17.4 Å². The SMILES string of the molecule is CCCNC(=O)C(C)N(Cc1ccccc1F)C(=O)CN(c1ccc(Oc2ccccc2)cc1)S(=O)(=O)c1ccc(C)cc1. The molecule has 0 radical (unpaired) electrons. The zero-order valence-corrected chi connectivity index (χ0v) is 25.8. The standard InChI is InChI=1S/C34H36FN3O5S/c1-4-22-36-34(40)26(3)37(23-27-10-8-9-13-32(27)35)33(39)24-38(44(41,42)31-20-14-25(2)15-21-31)28-16-18-30(19-17-28)43-29-11-6-5-7-12-29/h5-21,26H,4,22-24H2,1-3H3,(H,36,40). The Hall–Kier alpha value is -4.70. The minimum absolute atomic E-state index is 0.00472. The van der Waals surface area contributed by atoms with Gasteiger partial charge in [0.2, 0.25) is 11.8 Å². The summed E-state index contributed by atoms with van der Waals surface area (Å²) in [6, 6.07) is 26.7. The lowest BCUT2D eigenvalue weighted by atomic mass is 10.1. The fraction of sp³-hybridized carbons (Fsp3) is 0.235. The quantitative estimate of drug-likeness (QED) is 0.197. The summed E-state index contributed by atoms with van der Waals surface area (Å²) < 4.78 is 49.6. The first-order chi connectivity index (χ1) is 21.1. The van der Waals surface area contributed by atoms with Crippen LogP contribution in [0.2, 0.25) is 0 Å². The number of rotatable bonds is 13. The largest absolute Gasteiger partial charge is 0.457 e. The van der Waals surface area contributed by atoms with Crippen molar-refractivity contribution in [2.24, 2.45) is 0 Å². The Labute approximate surface area is 258 Å². The molecule has 1 unspecified atom stereocenters. The molecule has 0 aliphatic heterocycles. The van der Waals surface area contributed by atoms with Crippen molar-refractivity contribution < 1.29 is 27.1 Å². The van der Waals surface area contributed by atoms with Gasteiger partial charge in [0.05, 0.1) is 10.6 Å². The molecule has 4 aromatic carbocycles. The van der Waals surface area contributed by atoms with Crippen LogP contribution in [-0.4, -0.2) is 44.3 Å². The normalized spacial score (nSPS) is 11.8. The third kappa shape index (κ3) is 8.02. The summed E-state index contributed by atoms with van der Waals surface area (Å²) in [5.41, 5.74) is 1.29. The van der Waals surface area contributed by atoms with E-state index in [4.69, 9.17) is 4.74 Å². The Balaban J connectivity index is 1.70. The molecule has 0 bridgehead atoms. The second-order valence-corrected chi connectivity index (χ2v) is 12.2. The average molecular weight is 618 g/mol. The Kier molecular flexibility index (Phi) is 10.7. The van der Waals surface area contributed by atoms with Gasteiger partial charge in [-0.3, -0.25) is 13.9 Å². The highest BCUT2D eigenvalue weighted by Gasteiger charge is 2.33. The van der Waals surface area contributed by atoms with Crippen LogP contribution >= 0.6 is 0 Å². The first-order valence-electron chi connectivity index (χ1n) is 14.3. The second kappa shape index (κ2) is 14.7. The maximum absolute atomic E-state index is 14.7. The maximum Gasteiger partial charge on any atom is 0.264 e.